The van der Waals surface area contributed by atoms with Gasteiger partial charge in [0.15, 0.2) is 0 Å². The Kier molecular flexibility index (Phi) is 8.53. The minimum Gasteiger partial charge on any atom is -0.483 e. The number of hydrogen-bond donors (Lipinski definition) is 1. The Morgan fingerprint density at radius 1 is 1.29 bits per heavy atom. The maximum Gasteiger partial charge on any atom is 0.290 e. The molecule has 156 valence electrons. The maximum atomic E-state index is 9.93. The van der Waals surface area contributed by atoms with E-state index in [0.717, 1.165) is 38.9 Å². The highest BCUT2D eigenvalue weighted by atomic mass is 32.2. The highest BCUT2D eigenvalue weighted by molar-refractivity contribution is 8.11. The lowest BCUT2D eigenvalue weighted by atomic mass is 10.0. The number of aromatic nitrogens is 1. The van der Waals surface area contributed by atoms with Crippen LogP contribution in [-0.4, -0.2) is 16.6 Å². The van der Waals surface area contributed by atoms with Gasteiger partial charge < -0.3 is 5.11 Å². The number of carbonyl (C=O) groups is 1. The van der Waals surface area contributed by atoms with Crippen molar-refractivity contribution in [3.63, 3.8) is 0 Å². The van der Waals surface area contributed by atoms with Crippen molar-refractivity contribution in [3.8, 4) is 17.3 Å². The van der Waals surface area contributed by atoms with Crippen LogP contribution in [0.2, 0.25) is 0 Å². The molecule has 0 fully saturated rings. The molecule has 7 heteroatoms. The summed E-state index contributed by atoms with van der Waals surface area (Å²) < 4.78 is 0. The number of nitriles is 1. The average Bonchev–Trinajstić information content (AvgIpc) is 3.32. The van der Waals surface area contributed by atoms with Crippen LogP contribution in [0.1, 0.15) is 28.0 Å². The molecule has 0 amide bonds. The Morgan fingerprint density at radius 2 is 2.06 bits per heavy atom. The van der Waals surface area contributed by atoms with Crippen LogP contribution in [0.5, 0.6) is 0 Å². The third kappa shape index (κ3) is 6.11. The third-order valence-electron chi connectivity index (χ3n) is 4.37. The quantitative estimate of drug-likeness (QED) is 0.324. The second-order valence-corrected chi connectivity index (χ2v) is 9.42. The summed E-state index contributed by atoms with van der Waals surface area (Å²) in [5.74, 6) is 0.822. The predicted octanol–water partition coefficient (Wildman–Crippen LogP) is 6.97. The molecule has 0 bridgehead atoms. The van der Waals surface area contributed by atoms with Gasteiger partial charge in [-0.05, 0) is 36.3 Å². The first kappa shape index (κ1) is 22.9. The molecule has 0 atom stereocenters. The summed E-state index contributed by atoms with van der Waals surface area (Å²) in [5.41, 5.74) is 4.87. The predicted molar refractivity (Wildman–Crippen MR) is 131 cm³/mol. The fourth-order valence-corrected chi connectivity index (χ4v) is 5.52. The van der Waals surface area contributed by atoms with Gasteiger partial charge in [-0.2, -0.15) is 5.26 Å². The summed E-state index contributed by atoms with van der Waals surface area (Å²) in [6.07, 6.45) is 5.22. The summed E-state index contributed by atoms with van der Waals surface area (Å²) in [7, 11) is 0. The van der Waals surface area contributed by atoms with Gasteiger partial charge in [-0.1, -0.05) is 71.6 Å². The van der Waals surface area contributed by atoms with E-state index in [1.165, 1.54) is 10.4 Å². The van der Waals surface area contributed by atoms with Gasteiger partial charge in [0.1, 0.15) is 11.1 Å². The van der Waals surface area contributed by atoms with Crippen LogP contribution < -0.4 is 0 Å². The van der Waals surface area contributed by atoms with Gasteiger partial charge in [0.25, 0.3) is 6.47 Å². The van der Waals surface area contributed by atoms with Crippen LogP contribution in [0.15, 0.2) is 70.4 Å². The Balaban J connectivity index is 0.000000858. The van der Waals surface area contributed by atoms with Gasteiger partial charge in [-0.25, -0.2) is 4.98 Å². The molecule has 3 aromatic rings. The number of thioether (sulfide) groups is 2. The van der Waals surface area contributed by atoms with Gasteiger partial charge in [0, 0.05) is 26.7 Å². The number of rotatable bonds is 5. The Bertz CT molecular complexity index is 1130. The van der Waals surface area contributed by atoms with Crippen LogP contribution in [-0.2, 0) is 10.5 Å². The van der Waals surface area contributed by atoms with E-state index >= 15 is 0 Å². The van der Waals surface area contributed by atoms with E-state index in [4.69, 9.17) is 14.9 Å². The lowest BCUT2D eigenvalue weighted by Crippen LogP contribution is -1.98. The van der Waals surface area contributed by atoms with Crippen LogP contribution in [0.4, 0.5) is 0 Å². The van der Waals surface area contributed by atoms with E-state index in [1.807, 2.05) is 0 Å². The van der Waals surface area contributed by atoms with E-state index in [2.05, 4.69) is 78.4 Å². The standard InChI is InChI=1S/C23H18N2S3.CH2O2/c1-16-7-9-17(10-8-16)21-13-19(22-6-2-3-11-27-22)20(14-24)23(25-21)28-15-18-5-4-12-26-18;2-1-3/h3-13H,2,15H2,1H3;1H,(H,2,3). The van der Waals surface area contributed by atoms with Crippen LogP contribution in [0, 0.1) is 18.3 Å². The average molecular weight is 465 g/mol. The van der Waals surface area contributed by atoms with Crippen molar-refractivity contribution in [2.24, 2.45) is 0 Å². The second-order valence-electron chi connectivity index (χ2n) is 6.48. The summed E-state index contributed by atoms with van der Waals surface area (Å²) in [6.45, 7) is 1.83. The SMILES string of the molecule is Cc1ccc(-c2cc(C3=CCC=CS3)c(C#N)c(SCc3cccs3)n2)cc1.O=CO. The Morgan fingerprint density at radius 3 is 2.68 bits per heavy atom. The molecule has 31 heavy (non-hydrogen) atoms. The topological polar surface area (TPSA) is 74.0 Å². The zero-order valence-corrected chi connectivity index (χ0v) is 19.3. The van der Waals surface area contributed by atoms with Gasteiger partial charge in [0.2, 0.25) is 0 Å². The van der Waals surface area contributed by atoms with Gasteiger partial charge >= 0.3 is 0 Å². The number of allylic oxidation sites excluding steroid dienone is 2. The van der Waals surface area contributed by atoms with Gasteiger partial charge in [-0.15, -0.1) is 11.3 Å². The highest BCUT2D eigenvalue weighted by Crippen LogP contribution is 2.39. The molecule has 1 N–H and O–H groups in total. The van der Waals surface area contributed by atoms with Crippen molar-refractivity contribution < 1.29 is 9.90 Å². The summed E-state index contributed by atoms with van der Waals surface area (Å²) in [5, 5.41) is 21.8. The molecule has 1 aromatic carbocycles. The van der Waals surface area contributed by atoms with Crippen LogP contribution in [0.25, 0.3) is 16.2 Å². The molecule has 0 spiro atoms. The Labute approximate surface area is 194 Å². The van der Waals surface area contributed by atoms with Gasteiger partial charge in [0.05, 0.1) is 11.3 Å². The first-order valence-electron chi connectivity index (χ1n) is 9.43. The molecule has 3 heterocycles. The van der Waals surface area contributed by atoms with Crippen molar-refractivity contribution in [2.75, 3.05) is 0 Å². The van der Waals surface area contributed by atoms with E-state index in [9.17, 15) is 5.26 Å². The molecule has 1 aliphatic rings. The molecular formula is C24H20N2O2S3. The number of carboxylic acid groups (broad SMARTS) is 1. The molecular weight excluding hydrogens is 444 g/mol. The minimum atomic E-state index is -0.250. The van der Waals surface area contributed by atoms with Crippen molar-refractivity contribution >= 4 is 46.2 Å². The van der Waals surface area contributed by atoms with E-state index < -0.39 is 0 Å². The molecule has 4 nitrogen and oxygen atoms in total. The first-order chi connectivity index (χ1) is 15.2. The fraction of sp³-hybridized carbons (Fsp3) is 0.125. The lowest BCUT2D eigenvalue weighted by Gasteiger charge is -2.15. The number of thiophene rings is 1. The lowest BCUT2D eigenvalue weighted by molar-refractivity contribution is -0.122. The molecule has 0 saturated carbocycles. The second kappa shape index (κ2) is 11.6. The largest absolute Gasteiger partial charge is 0.483 e. The normalized spacial score (nSPS) is 12.3. The number of pyridine rings is 1. The number of nitrogens with zero attached hydrogens (tertiary/aromatic N) is 2. The monoisotopic (exact) mass is 464 g/mol. The minimum absolute atomic E-state index is 0.250. The fourth-order valence-electron chi connectivity index (χ4n) is 2.91. The molecule has 1 aliphatic heterocycles. The first-order valence-corrected chi connectivity index (χ1v) is 12.2. The highest BCUT2D eigenvalue weighted by Gasteiger charge is 2.18. The summed E-state index contributed by atoms with van der Waals surface area (Å²) in [6, 6.07) is 17.1. The van der Waals surface area contributed by atoms with Crippen LogP contribution in [0.3, 0.4) is 0 Å². The molecule has 4 rings (SSSR count). The summed E-state index contributed by atoms with van der Waals surface area (Å²) >= 11 is 5.05. The third-order valence-corrected chi connectivity index (χ3v) is 7.43. The number of aryl methyl sites for hydroxylation is 1. The van der Waals surface area contributed by atoms with E-state index in [-0.39, 0.29) is 6.47 Å². The van der Waals surface area contributed by atoms with Gasteiger partial charge in [-0.3, -0.25) is 4.79 Å². The number of hydrogen-bond acceptors (Lipinski definition) is 6. The smallest absolute Gasteiger partial charge is 0.290 e. The van der Waals surface area contributed by atoms with Crippen molar-refractivity contribution in [1.29, 1.82) is 5.26 Å². The van der Waals surface area contributed by atoms with E-state index in [1.54, 1.807) is 34.9 Å². The molecule has 0 saturated heterocycles. The zero-order valence-electron chi connectivity index (χ0n) is 16.8. The van der Waals surface area contributed by atoms with Crippen LogP contribution >= 0.6 is 34.9 Å². The Hall–Kier alpha value is -2.79. The zero-order chi connectivity index (χ0) is 22.1. The number of benzene rings is 1. The molecule has 2 aromatic heterocycles. The van der Waals surface area contributed by atoms with Crippen molar-refractivity contribution in [1.82, 2.24) is 4.98 Å². The molecule has 0 aliphatic carbocycles. The summed E-state index contributed by atoms with van der Waals surface area (Å²) in [4.78, 5) is 15.7. The van der Waals surface area contributed by atoms with Crippen molar-refractivity contribution in [2.45, 2.75) is 24.1 Å². The maximum absolute atomic E-state index is 9.93. The molecule has 0 radical (unpaired) electrons. The molecule has 0 unspecified atom stereocenters. The van der Waals surface area contributed by atoms with E-state index in [0.29, 0.717) is 5.56 Å². The van der Waals surface area contributed by atoms with Crippen molar-refractivity contribution in [3.05, 3.63) is 87.0 Å².